The zero-order valence-corrected chi connectivity index (χ0v) is 14.1. The molecule has 0 aromatic carbocycles. The topological polar surface area (TPSA) is 58.2 Å². The van der Waals surface area contributed by atoms with Gasteiger partial charge in [-0.3, -0.25) is 9.59 Å². The van der Waals surface area contributed by atoms with E-state index in [1.165, 1.54) is 12.8 Å². The number of amides is 2. The molecule has 0 heterocycles. The lowest BCUT2D eigenvalue weighted by molar-refractivity contribution is -0.126. The van der Waals surface area contributed by atoms with E-state index in [9.17, 15) is 9.59 Å². The highest BCUT2D eigenvalue weighted by Crippen LogP contribution is 2.36. The number of hydrogen-bond acceptors (Lipinski definition) is 4. The first-order valence-electron chi connectivity index (χ1n) is 7.27. The van der Waals surface area contributed by atoms with Crippen LogP contribution in [0, 0.1) is 5.92 Å². The highest BCUT2D eigenvalue weighted by Gasteiger charge is 2.26. The van der Waals surface area contributed by atoms with Crippen LogP contribution in [0.4, 0.5) is 0 Å². The Hall–Kier alpha value is -0.360. The van der Waals surface area contributed by atoms with Crippen molar-refractivity contribution in [1.29, 1.82) is 0 Å². The van der Waals surface area contributed by atoms with Crippen LogP contribution in [0.25, 0.3) is 0 Å². The van der Waals surface area contributed by atoms with Gasteiger partial charge in [-0.25, -0.2) is 0 Å². The van der Waals surface area contributed by atoms with Gasteiger partial charge in [0.15, 0.2) is 0 Å². The standard InChI is InChI=1S/C14H26N2O2S2/c1-11-3-4-12(11)20-10-8-16-14(18)6-5-13(17)15-7-9-19-2/h11-12H,3-10H2,1-2H3,(H,15,17)(H,16,18). The molecule has 2 N–H and O–H groups in total. The van der Waals surface area contributed by atoms with Crippen LogP contribution in [0.5, 0.6) is 0 Å². The fraction of sp³-hybridized carbons (Fsp3) is 0.857. The SMILES string of the molecule is CSCCNC(=O)CCC(=O)NCCSC1CCC1C. The molecule has 2 atom stereocenters. The summed E-state index contributed by atoms with van der Waals surface area (Å²) in [4.78, 5) is 23.0. The van der Waals surface area contributed by atoms with Crippen LogP contribution in [0.1, 0.15) is 32.6 Å². The molecule has 4 nitrogen and oxygen atoms in total. The van der Waals surface area contributed by atoms with E-state index in [4.69, 9.17) is 0 Å². The summed E-state index contributed by atoms with van der Waals surface area (Å²) in [5, 5.41) is 6.46. The van der Waals surface area contributed by atoms with Gasteiger partial charge in [-0.1, -0.05) is 6.92 Å². The molecule has 0 aromatic rings. The van der Waals surface area contributed by atoms with Crippen molar-refractivity contribution in [2.75, 3.05) is 30.9 Å². The smallest absolute Gasteiger partial charge is 0.220 e. The third kappa shape index (κ3) is 7.43. The predicted octanol–water partition coefficient (Wildman–Crippen LogP) is 1.89. The maximum Gasteiger partial charge on any atom is 0.220 e. The minimum Gasteiger partial charge on any atom is -0.355 e. The molecule has 0 spiro atoms. The molecule has 0 radical (unpaired) electrons. The molecule has 0 saturated heterocycles. The average molecular weight is 319 g/mol. The Morgan fingerprint density at radius 2 is 1.65 bits per heavy atom. The summed E-state index contributed by atoms with van der Waals surface area (Å²) in [7, 11) is 0. The molecule has 0 bridgehead atoms. The molecule has 0 aromatic heterocycles. The van der Waals surface area contributed by atoms with E-state index >= 15 is 0 Å². The quantitative estimate of drug-likeness (QED) is 0.604. The fourth-order valence-electron chi connectivity index (χ4n) is 1.98. The minimum atomic E-state index is -0.0353. The third-order valence-electron chi connectivity index (χ3n) is 3.50. The molecule has 1 fully saturated rings. The van der Waals surface area contributed by atoms with Gasteiger partial charge < -0.3 is 10.6 Å². The molecular weight excluding hydrogens is 292 g/mol. The van der Waals surface area contributed by atoms with Crippen LogP contribution in [-0.4, -0.2) is 47.9 Å². The summed E-state index contributed by atoms with van der Waals surface area (Å²) in [6, 6.07) is 0. The van der Waals surface area contributed by atoms with Crippen molar-refractivity contribution in [3.63, 3.8) is 0 Å². The number of nitrogens with one attached hydrogen (secondary N) is 2. The van der Waals surface area contributed by atoms with E-state index in [0.717, 1.165) is 22.7 Å². The molecule has 1 aliphatic rings. The van der Waals surface area contributed by atoms with Crippen LogP contribution in [-0.2, 0) is 9.59 Å². The molecule has 1 rings (SSSR count). The first-order valence-corrected chi connectivity index (χ1v) is 9.71. The Balaban J connectivity index is 1.93. The van der Waals surface area contributed by atoms with Crippen molar-refractivity contribution in [3.8, 4) is 0 Å². The van der Waals surface area contributed by atoms with Gasteiger partial charge >= 0.3 is 0 Å². The molecule has 116 valence electrons. The van der Waals surface area contributed by atoms with Crippen LogP contribution in [0.15, 0.2) is 0 Å². The first kappa shape index (κ1) is 17.7. The summed E-state index contributed by atoms with van der Waals surface area (Å²) in [6.45, 7) is 3.67. The third-order valence-corrected chi connectivity index (χ3v) is 5.69. The lowest BCUT2D eigenvalue weighted by atomic mass is 9.87. The van der Waals surface area contributed by atoms with E-state index in [-0.39, 0.29) is 24.7 Å². The molecule has 2 amide bonds. The molecule has 0 aliphatic heterocycles. The second-order valence-corrected chi connectivity index (χ2v) is 7.49. The number of carbonyl (C=O) groups excluding carboxylic acids is 2. The lowest BCUT2D eigenvalue weighted by Gasteiger charge is -2.33. The second-order valence-electron chi connectivity index (χ2n) is 5.16. The van der Waals surface area contributed by atoms with E-state index < -0.39 is 0 Å². The molecule has 1 aliphatic carbocycles. The lowest BCUT2D eigenvalue weighted by Crippen LogP contribution is -2.31. The van der Waals surface area contributed by atoms with Crippen LogP contribution >= 0.6 is 23.5 Å². The maximum absolute atomic E-state index is 11.6. The van der Waals surface area contributed by atoms with Crippen molar-refractivity contribution in [2.45, 2.75) is 37.9 Å². The molecule has 20 heavy (non-hydrogen) atoms. The average Bonchev–Trinajstić information content (AvgIpc) is 2.43. The number of carbonyl (C=O) groups is 2. The van der Waals surface area contributed by atoms with Gasteiger partial charge in [-0.2, -0.15) is 23.5 Å². The highest BCUT2D eigenvalue weighted by atomic mass is 32.2. The van der Waals surface area contributed by atoms with E-state index in [0.29, 0.717) is 13.1 Å². The number of hydrogen-bond donors (Lipinski definition) is 2. The largest absolute Gasteiger partial charge is 0.355 e. The van der Waals surface area contributed by atoms with Gasteiger partial charge in [0.1, 0.15) is 0 Å². The van der Waals surface area contributed by atoms with Crippen LogP contribution < -0.4 is 10.6 Å². The minimum absolute atomic E-state index is 0.0210. The Morgan fingerprint density at radius 3 is 2.10 bits per heavy atom. The van der Waals surface area contributed by atoms with E-state index in [1.54, 1.807) is 11.8 Å². The normalized spacial score (nSPS) is 21.1. The van der Waals surface area contributed by atoms with Gasteiger partial charge in [0, 0.05) is 42.7 Å². The van der Waals surface area contributed by atoms with Crippen molar-refractivity contribution in [2.24, 2.45) is 5.92 Å². The summed E-state index contributed by atoms with van der Waals surface area (Å²) in [6.07, 6.45) is 5.23. The molecule has 1 saturated carbocycles. The van der Waals surface area contributed by atoms with Crippen molar-refractivity contribution in [3.05, 3.63) is 0 Å². The summed E-state index contributed by atoms with van der Waals surface area (Å²) in [5.41, 5.74) is 0. The van der Waals surface area contributed by atoms with Crippen LogP contribution in [0.3, 0.4) is 0 Å². The van der Waals surface area contributed by atoms with E-state index in [2.05, 4.69) is 17.6 Å². The molecule has 2 unspecified atom stereocenters. The maximum atomic E-state index is 11.6. The van der Waals surface area contributed by atoms with Gasteiger partial charge in [0.25, 0.3) is 0 Å². The number of rotatable bonds is 10. The predicted molar refractivity (Wildman–Crippen MR) is 88.3 cm³/mol. The van der Waals surface area contributed by atoms with Gasteiger partial charge in [0.2, 0.25) is 11.8 Å². The Labute approximate surface area is 130 Å². The summed E-state index contributed by atoms with van der Waals surface area (Å²) < 4.78 is 0. The number of thioether (sulfide) groups is 2. The van der Waals surface area contributed by atoms with Crippen molar-refractivity contribution in [1.82, 2.24) is 10.6 Å². The Kier molecular flexibility index (Phi) is 9.18. The van der Waals surface area contributed by atoms with Gasteiger partial charge in [-0.15, -0.1) is 0 Å². The summed E-state index contributed by atoms with van der Waals surface area (Å²) >= 11 is 3.65. The molecule has 6 heteroatoms. The van der Waals surface area contributed by atoms with Gasteiger partial charge in [0.05, 0.1) is 0 Å². The highest BCUT2D eigenvalue weighted by molar-refractivity contribution is 8.00. The first-order chi connectivity index (χ1) is 9.63. The van der Waals surface area contributed by atoms with Gasteiger partial charge in [-0.05, 0) is 25.0 Å². The fourth-order valence-corrected chi connectivity index (χ4v) is 3.58. The van der Waals surface area contributed by atoms with Crippen molar-refractivity contribution < 1.29 is 9.59 Å². The Morgan fingerprint density at radius 1 is 1.05 bits per heavy atom. The Bertz CT molecular complexity index is 314. The summed E-state index contributed by atoms with van der Waals surface area (Å²) in [5.74, 6) is 2.66. The monoisotopic (exact) mass is 318 g/mol. The van der Waals surface area contributed by atoms with Crippen LogP contribution in [0.2, 0.25) is 0 Å². The molecular formula is C14H26N2O2S2. The van der Waals surface area contributed by atoms with E-state index in [1.807, 2.05) is 18.0 Å². The second kappa shape index (κ2) is 10.4. The van der Waals surface area contributed by atoms with Crippen molar-refractivity contribution >= 4 is 35.3 Å². The zero-order valence-electron chi connectivity index (χ0n) is 12.4. The zero-order chi connectivity index (χ0) is 14.8.